The second-order valence-corrected chi connectivity index (χ2v) is 34.6. The Bertz CT molecular complexity index is 2010. The van der Waals surface area contributed by atoms with E-state index in [9.17, 15) is 43.2 Å². The lowest BCUT2D eigenvalue weighted by molar-refractivity contribution is -0.161. The van der Waals surface area contributed by atoms with Gasteiger partial charge >= 0.3 is 39.5 Å². The van der Waals surface area contributed by atoms with Crippen molar-refractivity contribution in [3.8, 4) is 0 Å². The van der Waals surface area contributed by atoms with Gasteiger partial charge in [-0.2, -0.15) is 0 Å². The minimum Gasteiger partial charge on any atom is -0.462 e. The number of rotatable bonds is 85. The Hall–Kier alpha value is -1.94. The van der Waals surface area contributed by atoms with E-state index >= 15 is 0 Å². The lowest BCUT2D eigenvalue weighted by Crippen LogP contribution is -2.30. The highest BCUT2D eigenvalue weighted by Crippen LogP contribution is 2.45. The second-order valence-electron chi connectivity index (χ2n) is 31.6. The summed E-state index contributed by atoms with van der Waals surface area (Å²) in [5.41, 5.74) is 0. The lowest BCUT2D eigenvalue weighted by atomic mass is 9.99. The van der Waals surface area contributed by atoms with Gasteiger partial charge in [-0.15, -0.1) is 0 Å². The zero-order chi connectivity index (χ0) is 77.1. The molecule has 0 bridgehead atoms. The molecular formula is C86H168O17P2. The van der Waals surface area contributed by atoms with E-state index < -0.39 is 97.5 Å². The number of phosphoric acid groups is 2. The van der Waals surface area contributed by atoms with Crippen LogP contribution >= 0.6 is 15.6 Å². The van der Waals surface area contributed by atoms with Gasteiger partial charge in [-0.1, -0.05) is 408 Å². The van der Waals surface area contributed by atoms with Gasteiger partial charge < -0.3 is 33.8 Å². The zero-order valence-corrected chi connectivity index (χ0v) is 70.8. The summed E-state index contributed by atoms with van der Waals surface area (Å²) in [7, 11) is -9.93. The van der Waals surface area contributed by atoms with Crippen LogP contribution in [-0.2, 0) is 65.4 Å². The Morgan fingerprint density at radius 1 is 0.276 bits per heavy atom. The number of phosphoric ester groups is 2. The van der Waals surface area contributed by atoms with Gasteiger partial charge in [0, 0.05) is 25.7 Å². The Morgan fingerprint density at radius 3 is 0.724 bits per heavy atom. The first-order chi connectivity index (χ1) is 50.9. The Morgan fingerprint density at radius 2 is 0.486 bits per heavy atom. The van der Waals surface area contributed by atoms with Crippen molar-refractivity contribution < 1.29 is 80.2 Å². The van der Waals surface area contributed by atoms with Crippen molar-refractivity contribution in [1.29, 1.82) is 0 Å². The second kappa shape index (κ2) is 77.4. The van der Waals surface area contributed by atoms with E-state index in [1.54, 1.807) is 0 Å². The quantitative estimate of drug-likeness (QED) is 0.0222. The van der Waals surface area contributed by atoms with Gasteiger partial charge in [0.2, 0.25) is 0 Å². The van der Waals surface area contributed by atoms with Crippen LogP contribution in [0.25, 0.3) is 0 Å². The molecule has 0 fully saturated rings. The molecule has 0 aromatic rings. The number of aliphatic hydroxyl groups excluding tert-OH is 1. The van der Waals surface area contributed by atoms with Crippen LogP contribution in [0.1, 0.15) is 459 Å². The molecule has 0 amide bonds. The zero-order valence-electron chi connectivity index (χ0n) is 69.0. The van der Waals surface area contributed by atoms with Crippen molar-refractivity contribution in [2.75, 3.05) is 39.6 Å². The van der Waals surface area contributed by atoms with Gasteiger partial charge in [0.25, 0.3) is 0 Å². The van der Waals surface area contributed by atoms with E-state index in [0.29, 0.717) is 25.7 Å². The topological polar surface area (TPSA) is 237 Å². The third kappa shape index (κ3) is 78.5. The Balaban J connectivity index is 5.23. The Labute approximate surface area is 645 Å². The van der Waals surface area contributed by atoms with Gasteiger partial charge in [-0.05, 0) is 37.5 Å². The van der Waals surface area contributed by atoms with Crippen LogP contribution in [0.3, 0.4) is 0 Å². The average Bonchev–Trinajstić information content (AvgIpc) is 0.909. The summed E-state index contributed by atoms with van der Waals surface area (Å²) in [5, 5.41) is 10.7. The molecule has 17 nitrogen and oxygen atoms in total. The fourth-order valence-electron chi connectivity index (χ4n) is 13.4. The molecule has 6 atom stereocenters. The van der Waals surface area contributed by atoms with E-state index in [2.05, 4.69) is 41.5 Å². The molecule has 0 saturated carbocycles. The highest BCUT2D eigenvalue weighted by Gasteiger charge is 2.30. The highest BCUT2D eigenvalue weighted by atomic mass is 31.2. The maximum Gasteiger partial charge on any atom is 0.472 e. The lowest BCUT2D eigenvalue weighted by Gasteiger charge is -2.21. The SMILES string of the molecule is CCCCCCCCCCCCCCCCCCC(=O)O[C@H](COC(=O)CCCCCCCCCCCC)COP(=O)(O)OC[C@H](O)COP(=O)(O)OC[C@@H](COC(=O)CCCCCCCCCCCCCCCCC(C)CC)OC(=O)CCCCCCCCCCCCCCCCCCCCC(C)C. The van der Waals surface area contributed by atoms with Crippen LogP contribution in [0.2, 0.25) is 0 Å². The van der Waals surface area contributed by atoms with Crippen LogP contribution in [0, 0.1) is 11.8 Å². The average molecular weight is 1540 g/mol. The maximum absolute atomic E-state index is 13.1. The molecule has 0 aliphatic rings. The first kappa shape index (κ1) is 103. The van der Waals surface area contributed by atoms with E-state index in [-0.39, 0.29) is 25.7 Å². The highest BCUT2D eigenvalue weighted by molar-refractivity contribution is 7.47. The third-order valence-corrected chi connectivity index (χ3v) is 22.5. The van der Waals surface area contributed by atoms with Crippen LogP contribution in [0.4, 0.5) is 0 Å². The van der Waals surface area contributed by atoms with Gasteiger partial charge in [-0.25, -0.2) is 9.13 Å². The molecule has 3 unspecified atom stereocenters. The number of ether oxygens (including phenoxy) is 4. The molecule has 19 heteroatoms. The number of hydrogen-bond donors (Lipinski definition) is 3. The molecule has 0 aromatic heterocycles. The van der Waals surface area contributed by atoms with Gasteiger partial charge in [-0.3, -0.25) is 37.3 Å². The predicted octanol–water partition coefficient (Wildman–Crippen LogP) is 26.2. The van der Waals surface area contributed by atoms with Gasteiger partial charge in [0.05, 0.1) is 26.4 Å². The monoisotopic (exact) mass is 1540 g/mol. The molecule has 624 valence electrons. The standard InChI is InChI=1S/C86H168O17P2/c1-7-10-12-14-16-18-20-21-22-28-35-40-46-52-58-64-70-85(90)102-81(74-96-83(88)68-62-56-50-44-19-17-15-13-11-8-2)76-100-104(92,93)98-72-80(87)73-99-105(94,95)101-77-82(75-97-84(89)69-63-57-51-45-39-34-31-30-33-38-43-49-55-61-67-79(6)9-3)103-86(91)71-65-59-53-47-41-36-29-26-24-23-25-27-32-37-42-48-54-60-66-78(4)5/h78-82,87H,7-77H2,1-6H3,(H,92,93)(H,94,95)/t79?,80-,81+,82+/m0/s1. The first-order valence-corrected chi connectivity index (χ1v) is 47.5. The fraction of sp³-hybridized carbons (Fsp3) is 0.953. The molecule has 105 heavy (non-hydrogen) atoms. The molecular weight excluding hydrogens is 1370 g/mol. The van der Waals surface area contributed by atoms with Crippen LogP contribution in [-0.4, -0.2) is 96.7 Å². The van der Waals surface area contributed by atoms with E-state index in [1.165, 1.54) is 276 Å². The number of carbonyl (C=O) groups excluding carboxylic acids is 4. The summed E-state index contributed by atoms with van der Waals surface area (Å²) in [6.07, 6.45) is 69.3. The summed E-state index contributed by atoms with van der Waals surface area (Å²) in [5.74, 6) is -0.430. The van der Waals surface area contributed by atoms with Gasteiger partial charge in [0.1, 0.15) is 19.3 Å². The number of unbranched alkanes of at least 4 members (excludes halogenated alkanes) is 54. The summed E-state index contributed by atoms with van der Waals surface area (Å²) < 4.78 is 68.9. The van der Waals surface area contributed by atoms with Crippen molar-refractivity contribution in [1.82, 2.24) is 0 Å². The van der Waals surface area contributed by atoms with Crippen LogP contribution in [0.5, 0.6) is 0 Å². The molecule has 0 aliphatic carbocycles. The molecule has 0 rings (SSSR count). The largest absolute Gasteiger partial charge is 0.472 e. The smallest absolute Gasteiger partial charge is 0.462 e. The minimum absolute atomic E-state index is 0.109. The van der Waals surface area contributed by atoms with Crippen molar-refractivity contribution in [2.24, 2.45) is 11.8 Å². The van der Waals surface area contributed by atoms with Crippen LogP contribution in [0.15, 0.2) is 0 Å². The summed E-state index contributed by atoms with van der Waals surface area (Å²) in [6.45, 7) is 9.76. The van der Waals surface area contributed by atoms with Crippen molar-refractivity contribution in [3.05, 3.63) is 0 Å². The summed E-state index contributed by atoms with van der Waals surface area (Å²) >= 11 is 0. The fourth-order valence-corrected chi connectivity index (χ4v) is 15.0. The number of aliphatic hydroxyl groups is 1. The molecule has 0 radical (unpaired) electrons. The maximum atomic E-state index is 13.1. The molecule has 3 N–H and O–H groups in total. The van der Waals surface area contributed by atoms with Crippen molar-refractivity contribution in [2.45, 2.75) is 477 Å². The van der Waals surface area contributed by atoms with Crippen LogP contribution < -0.4 is 0 Å². The minimum atomic E-state index is -4.97. The van der Waals surface area contributed by atoms with E-state index in [4.69, 9.17) is 37.0 Å². The van der Waals surface area contributed by atoms with E-state index in [0.717, 1.165) is 102 Å². The molecule has 0 spiro atoms. The normalized spacial score (nSPS) is 14.1. The number of esters is 4. The first-order valence-electron chi connectivity index (χ1n) is 44.5. The van der Waals surface area contributed by atoms with E-state index in [1.807, 2.05) is 0 Å². The Kier molecular flexibility index (Phi) is 76.0. The van der Waals surface area contributed by atoms with Crippen molar-refractivity contribution >= 4 is 39.5 Å². The summed E-state index contributed by atoms with van der Waals surface area (Å²) in [4.78, 5) is 73.2. The predicted molar refractivity (Wildman–Crippen MR) is 432 cm³/mol. The van der Waals surface area contributed by atoms with Gasteiger partial charge in [0.15, 0.2) is 12.2 Å². The summed E-state index contributed by atoms with van der Waals surface area (Å²) in [6, 6.07) is 0. The third-order valence-electron chi connectivity index (χ3n) is 20.6. The molecule has 0 aromatic carbocycles. The number of hydrogen-bond acceptors (Lipinski definition) is 15. The molecule has 0 saturated heterocycles. The molecule has 0 aliphatic heterocycles. The van der Waals surface area contributed by atoms with Crippen molar-refractivity contribution in [3.63, 3.8) is 0 Å². The molecule has 0 heterocycles. The number of carbonyl (C=O) groups is 4.